The van der Waals surface area contributed by atoms with Gasteiger partial charge in [0.25, 0.3) is 0 Å². The first-order valence-corrected chi connectivity index (χ1v) is 5.88. The first-order chi connectivity index (χ1) is 6.42. The van der Waals surface area contributed by atoms with E-state index in [1.807, 2.05) is 0 Å². The third-order valence-electron chi connectivity index (χ3n) is 3.64. The fourth-order valence-electron chi connectivity index (χ4n) is 2.74. The van der Waals surface area contributed by atoms with Crippen molar-refractivity contribution in [3.63, 3.8) is 0 Å². The summed E-state index contributed by atoms with van der Waals surface area (Å²) in [5.41, 5.74) is 0. The molecule has 0 aromatic heterocycles. The largest absolute Gasteiger partial charge is 0.314 e. The predicted octanol–water partition coefficient (Wildman–Crippen LogP) is 1.61. The molecule has 13 heavy (non-hydrogen) atoms. The van der Waals surface area contributed by atoms with Crippen molar-refractivity contribution >= 4 is 0 Å². The van der Waals surface area contributed by atoms with Gasteiger partial charge < -0.3 is 5.32 Å². The maximum absolute atomic E-state index is 3.37. The summed E-state index contributed by atoms with van der Waals surface area (Å²) in [6.45, 7) is 6.01. The van der Waals surface area contributed by atoms with Crippen LogP contribution < -0.4 is 5.32 Å². The van der Waals surface area contributed by atoms with E-state index in [-0.39, 0.29) is 0 Å². The minimum absolute atomic E-state index is 0.855. The first kappa shape index (κ1) is 9.47. The zero-order valence-corrected chi connectivity index (χ0v) is 8.76. The Morgan fingerprint density at radius 3 is 2.23 bits per heavy atom. The molecule has 0 unspecified atom stereocenters. The third-order valence-corrected chi connectivity index (χ3v) is 3.64. The molecule has 2 heteroatoms. The van der Waals surface area contributed by atoms with E-state index in [2.05, 4.69) is 17.1 Å². The van der Waals surface area contributed by atoms with Crippen LogP contribution in [-0.2, 0) is 0 Å². The molecule has 1 saturated carbocycles. The van der Waals surface area contributed by atoms with Gasteiger partial charge in [-0.15, -0.1) is 0 Å². The maximum atomic E-state index is 3.37. The Balaban J connectivity index is 1.86. The Hall–Kier alpha value is -0.0800. The van der Waals surface area contributed by atoms with Crippen LogP contribution in [0.1, 0.15) is 39.0 Å². The van der Waals surface area contributed by atoms with Crippen LogP contribution in [0.5, 0.6) is 0 Å². The molecule has 2 rings (SSSR count). The SMILES string of the molecule is CCN(C1CCCCC1)C1CNC1. The van der Waals surface area contributed by atoms with Gasteiger partial charge in [-0.05, 0) is 19.4 Å². The Kier molecular flexibility index (Phi) is 3.23. The first-order valence-electron chi connectivity index (χ1n) is 5.88. The summed E-state index contributed by atoms with van der Waals surface area (Å²) in [5, 5.41) is 3.37. The summed E-state index contributed by atoms with van der Waals surface area (Å²) in [4.78, 5) is 2.73. The van der Waals surface area contributed by atoms with Crippen LogP contribution in [0.2, 0.25) is 0 Å². The number of hydrogen-bond donors (Lipinski definition) is 1. The molecular formula is C11H22N2. The monoisotopic (exact) mass is 182 g/mol. The highest BCUT2D eigenvalue weighted by Crippen LogP contribution is 2.24. The zero-order chi connectivity index (χ0) is 9.10. The standard InChI is InChI=1S/C11H22N2/c1-2-13(11-8-12-9-11)10-6-4-3-5-7-10/h10-12H,2-9H2,1H3. The molecule has 0 aromatic rings. The maximum Gasteiger partial charge on any atom is 0.0348 e. The summed E-state index contributed by atoms with van der Waals surface area (Å²) >= 11 is 0. The van der Waals surface area contributed by atoms with Crippen molar-refractivity contribution < 1.29 is 0 Å². The second kappa shape index (κ2) is 4.43. The van der Waals surface area contributed by atoms with Gasteiger partial charge in [-0.25, -0.2) is 0 Å². The van der Waals surface area contributed by atoms with Gasteiger partial charge in [0, 0.05) is 25.2 Å². The van der Waals surface area contributed by atoms with E-state index in [9.17, 15) is 0 Å². The van der Waals surface area contributed by atoms with E-state index in [4.69, 9.17) is 0 Å². The molecule has 76 valence electrons. The number of rotatable bonds is 3. The summed E-state index contributed by atoms with van der Waals surface area (Å²) in [6.07, 6.45) is 7.29. The fraction of sp³-hybridized carbons (Fsp3) is 1.00. The Morgan fingerprint density at radius 2 is 1.77 bits per heavy atom. The second-order valence-corrected chi connectivity index (χ2v) is 4.43. The van der Waals surface area contributed by atoms with E-state index >= 15 is 0 Å². The highest BCUT2D eigenvalue weighted by Gasteiger charge is 2.29. The molecule has 0 bridgehead atoms. The van der Waals surface area contributed by atoms with Crippen molar-refractivity contribution in [2.75, 3.05) is 19.6 Å². The molecule has 1 saturated heterocycles. The molecule has 0 amide bonds. The highest BCUT2D eigenvalue weighted by molar-refractivity contribution is 4.88. The lowest BCUT2D eigenvalue weighted by atomic mass is 9.92. The van der Waals surface area contributed by atoms with Crippen LogP contribution in [-0.4, -0.2) is 36.6 Å². The number of likely N-dealkylation sites (N-methyl/N-ethyl adjacent to an activating group) is 1. The number of nitrogens with one attached hydrogen (secondary N) is 1. The van der Waals surface area contributed by atoms with Crippen LogP contribution in [0.4, 0.5) is 0 Å². The van der Waals surface area contributed by atoms with E-state index < -0.39 is 0 Å². The Labute approximate surface area is 81.7 Å². The van der Waals surface area contributed by atoms with Crippen molar-refractivity contribution in [3.8, 4) is 0 Å². The summed E-state index contributed by atoms with van der Waals surface area (Å²) in [5.74, 6) is 0. The van der Waals surface area contributed by atoms with Gasteiger partial charge >= 0.3 is 0 Å². The van der Waals surface area contributed by atoms with Gasteiger partial charge in [-0.1, -0.05) is 26.2 Å². The molecule has 1 aliphatic carbocycles. The summed E-state index contributed by atoms with van der Waals surface area (Å²) in [6, 6.07) is 1.76. The molecule has 0 atom stereocenters. The Morgan fingerprint density at radius 1 is 1.08 bits per heavy atom. The molecule has 2 aliphatic rings. The van der Waals surface area contributed by atoms with Crippen LogP contribution in [0, 0.1) is 0 Å². The van der Waals surface area contributed by atoms with Gasteiger partial charge in [-0.3, -0.25) is 4.90 Å². The van der Waals surface area contributed by atoms with Gasteiger partial charge in [-0.2, -0.15) is 0 Å². The molecule has 0 aromatic carbocycles. The van der Waals surface area contributed by atoms with Gasteiger partial charge in [0.15, 0.2) is 0 Å². The van der Waals surface area contributed by atoms with Crippen molar-refractivity contribution in [1.82, 2.24) is 10.2 Å². The van der Waals surface area contributed by atoms with Crippen molar-refractivity contribution in [2.24, 2.45) is 0 Å². The molecule has 2 fully saturated rings. The summed E-state index contributed by atoms with van der Waals surface area (Å²) in [7, 11) is 0. The van der Waals surface area contributed by atoms with Crippen LogP contribution in [0.3, 0.4) is 0 Å². The average molecular weight is 182 g/mol. The van der Waals surface area contributed by atoms with E-state index in [0.717, 1.165) is 12.1 Å². The molecular weight excluding hydrogens is 160 g/mol. The average Bonchev–Trinajstić information content (AvgIpc) is 2.12. The second-order valence-electron chi connectivity index (χ2n) is 4.43. The normalized spacial score (nSPS) is 26.3. The smallest absolute Gasteiger partial charge is 0.0348 e. The van der Waals surface area contributed by atoms with Gasteiger partial charge in [0.2, 0.25) is 0 Å². The number of nitrogens with zero attached hydrogens (tertiary/aromatic N) is 1. The topological polar surface area (TPSA) is 15.3 Å². The molecule has 0 spiro atoms. The lowest BCUT2D eigenvalue weighted by molar-refractivity contribution is 0.0792. The highest BCUT2D eigenvalue weighted by atomic mass is 15.2. The zero-order valence-electron chi connectivity index (χ0n) is 8.76. The van der Waals surface area contributed by atoms with Crippen LogP contribution >= 0.6 is 0 Å². The van der Waals surface area contributed by atoms with Crippen LogP contribution in [0.15, 0.2) is 0 Å². The minimum atomic E-state index is 0.855. The Bertz CT molecular complexity index is 148. The molecule has 2 nitrogen and oxygen atoms in total. The van der Waals surface area contributed by atoms with E-state index in [0.29, 0.717) is 0 Å². The van der Waals surface area contributed by atoms with Crippen molar-refractivity contribution in [1.29, 1.82) is 0 Å². The quantitative estimate of drug-likeness (QED) is 0.713. The van der Waals surface area contributed by atoms with E-state index in [1.165, 1.54) is 51.7 Å². The van der Waals surface area contributed by atoms with Crippen molar-refractivity contribution in [2.45, 2.75) is 51.1 Å². The molecule has 1 aliphatic heterocycles. The third kappa shape index (κ3) is 2.05. The molecule has 1 N–H and O–H groups in total. The van der Waals surface area contributed by atoms with Gasteiger partial charge in [0.05, 0.1) is 0 Å². The van der Waals surface area contributed by atoms with Crippen molar-refractivity contribution in [3.05, 3.63) is 0 Å². The predicted molar refractivity (Wildman–Crippen MR) is 55.9 cm³/mol. The molecule has 1 heterocycles. The van der Waals surface area contributed by atoms with Gasteiger partial charge in [0.1, 0.15) is 0 Å². The minimum Gasteiger partial charge on any atom is -0.314 e. The van der Waals surface area contributed by atoms with E-state index in [1.54, 1.807) is 0 Å². The van der Waals surface area contributed by atoms with Crippen LogP contribution in [0.25, 0.3) is 0 Å². The number of hydrogen-bond acceptors (Lipinski definition) is 2. The molecule has 0 radical (unpaired) electrons. The summed E-state index contributed by atoms with van der Waals surface area (Å²) < 4.78 is 0. The lowest BCUT2D eigenvalue weighted by Gasteiger charge is -2.43. The fourth-order valence-corrected chi connectivity index (χ4v) is 2.74. The lowest BCUT2D eigenvalue weighted by Crippen LogP contribution is -2.60.